The standard InChI is InChI=1S/C17H17N5O3/c23-17(14-10-13(20-21-14)15-2-1-9-24-15)22-7-4-12(5-8-22)25-16-3-6-18-11-19-16/h1-3,6,9-12H,4-5,7-8H2,(H,20,21). The number of amides is 1. The van der Waals surface area contributed by atoms with E-state index in [2.05, 4.69) is 20.2 Å². The van der Waals surface area contributed by atoms with Crippen LogP contribution in [0.3, 0.4) is 0 Å². The van der Waals surface area contributed by atoms with E-state index in [4.69, 9.17) is 9.15 Å². The summed E-state index contributed by atoms with van der Waals surface area (Å²) in [5.41, 5.74) is 1.08. The number of carbonyl (C=O) groups excluding carboxylic acids is 1. The SMILES string of the molecule is O=C(c1cc(-c2ccco2)[nH]n1)N1CCC(Oc2ccncn2)CC1. The minimum Gasteiger partial charge on any atom is -0.474 e. The van der Waals surface area contributed by atoms with Gasteiger partial charge in [-0.3, -0.25) is 9.89 Å². The molecule has 1 saturated heterocycles. The molecule has 0 saturated carbocycles. The van der Waals surface area contributed by atoms with Crippen LogP contribution < -0.4 is 4.74 Å². The maximum Gasteiger partial charge on any atom is 0.274 e. The van der Waals surface area contributed by atoms with Crippen LogP contribution in [0.4, 0.5) is 0 Å². The first-order valence-electron chi connectivity index (χ1n) is 8.11. The molecular weight excluding hydrogens is 322 g/mol. The summed E-state index contributed by atoms with van der Waals surface area (Å²) >= 11 is 0. The molecule has 8 heteroatoms. The number of aromatic nitrogens is 4. The van der Waals surface area contributed by atoms with Crippen LogP contribution >= 0.6 is 0 Å². The number of furan rings is 1. The minimum atomic E-state index is -0.0884. The van der Waals surface area contributed by atoms with Crippen LogP contribution in [0.1, 0.15) is 23.3 Å². The van der Waals surface area contributed by atoms with Crippen molar-refractivity contribution >= 4 is 5.91 Å². The number of carbonyl (C=O) groups is 1. The zero-order valence-electron chi connectivity index (χ0n) is 13.5. The Labute approximate surface area is 143 Å². The molecule has 25 heavy (non-hydrogen) atoms. The molecule has 0 atom stereocenters. The molecule has 0 radical (unpaired) electrons. The van der Waals surface area contributed by atoms with Crippen molar-refractivity contribution in [2.45, 2.75) is 18.9 Å². The average molecular weight is 339 g/mol. The van der Waals surface area contributed by atoms with Crippen LogP contribution in [0.25, 0.3) is 11.5 Å². The van der Waals surface area contributed by atoms with Gasteiger partial charge in [-0.1, -0.05) is 0 Å². The summed E-state index contributed by atoms with van der Waals surface area (Å²) in [4.78, 5) is 22.3. The Morgan fingerprint density at radius 1 is 1.32 bits per heavy atom. The third kappa shape index (κ3) is 3.37. The minimum absolute atomic E-state index is 0.0526. The van der Waals surface area contributed by atoms with E-state index < -0.39 is 0 Å². The third-order valence-corrected chi connectivity index (χ3v) is 4.16. The van der Waals surface area contributed by atoms with Crippen molar-refractivity contribution in [3.8, 4) is 17.3 Å². The maximum atomic E-state index is 12.6. The van der Waals surface area contributed by atoms with E-state index in [1.807, 2.05) is 6.07 Å². The average Bonchev–Trinajstić information content (AvgIpc) is 3.34. The number of nitrogens with zero attached hydrogens (tertiary/aromatic N) is 4. The zero-order valence-corrected chi connectivity index (χ0v) is 13.5. The van der Waals surface area contributed by atoms with E-state index in [1.54, 1.807) is 35.6 Å². The van der Waals surface area contributed by atoms with E-state index in [0.29, 0.717) is 36.1 Å². The molecule has 3 aromatic rings. The number of piperidine rings is 1. The van der Waals surface area contributed by atoms with Crippen LogP contribution in [0, 0.1) is 0 Å². The number of rotatable bonds is 4. The Morgan fingerprint density at radius 2 is 2.20 bits per heavy atom. The van der Waals surface area contributed by atoms with Gasteiger partial charge in [0, 0.05) is 44.3 Å². The van der Waals surface area contributed by atoms with Crippen molar-refractivity contribution in [2.24, 2.45) is 0 Å². The molecule has 4 heterocycles. The van der Waals surface area contributed by atoms with E-state index in [-0.39, 0.29) is 12.0 Å². The molecule has 4 rings (SSSR count). The molecule has 0 spiro atoms. The monoisotopic (exact) mass is 339 g/mol. The van der Waals surface area contributed by atoms with E-state index in [0.717, 1.165) is 12.8 Å². The predicted octanol–water partition coefficient (Wildman–Crippen LogP) is 2.14. The van der Waals surface area contributed by atoms with Crippen LogP contribution in [-0.4, -0.2) is 50.2 Å². The van der Waals surface area contributed by atoms with Gasteiger partial charge in [-0.2, -0.15) is 5.10 Å². The van der Waals surface area contributed by atoms with Crippen LogP contribution in [0.15, 0.2) is 47.5 Å². The number of hydrogen-bond acceptors (Lipinski definition) is 6. The molecule has 1 fully saturated rings. The van der Waals surface area contributed by atoms with Crippen LogP contribution in [-0.2, 0) is 0 Å². The van der Waals surface area contributed by atoms with Crippen LogP contribution in [0.5, 0.6) is 5.88 Å². The molecular formula is C17H17N5O3. The Hall–Kier alpha value is -3.16. The Morgan fingerprint density at radius 3 is 2.92 bits per heavy atom. The molecule has 1 amide bonds. The second-order valence-corrected chi connectivity index (χ2v) is 5.80. The van der Waals surface area contributed by atoms with Gasteiger partial charge in [0.05, 0.1) is 6.26 Å². The van der Waals surface area contributed by atoms with Crippen LogP contribution in [0.2, 0.25) is 0 Å². The van der Waals surface area contributed by atoms with Gasteiger partial charge in [-0.25, -0.2) is 9.97 Å². The summed E-state index contributed by atoms with van der Waals surface area (Å²) in [6.45, 7) is 1.25. The molecule has 0 bridgehead atoms. The largest absolute Gasteiger partial charge is 0.474 e. The summed E-state index contributed by atoms with van der Waals surface area (Å²) in [5, 5.41) is 6.95. The molecule has 1 N–H and O–H groups in total. The second-order valence-electron chi connectivity index (χ2n) is 5.80. The fraction of sp³-hybridized carbons (Fsp3) is 0.294. The van der Waals surface area contributed by atoms with Gasteiger partial charge in [-0.05, 0) is 12.1 Å². The molecule has 1 aliphatic heterocycles. The van der Waals surface area contributed by atoms with Crippen molar-refractivity contribution in [2.75, 3.05) is 13.1 Å². The molecule has 128 valence electrons. The highest BCUT2D eigenvalue weighted by Crippen LogP contribution is 2.21. The number of hydrogen-bond donors (Lipinski definition) is 1. The normalized spacial score (nSPS) is 15.3. The molecule has 3 aromatic heterocycles. The van der Waals surface area contributed by atoms with Crippen molar-refractivity contribution in [1.82, 2.24) is 25.1 Å². The first-order chi connectivity index (χ1) is 12.3. The summed E-state index contributed by atoms with van der Waals surface area (Å²) in [5.74, 6) is 1.13. The summed E-state index contributed by atoms with van der Waals surface area (Å²) in [6, 6.07) is 7.06. The predicted molar refractivity (Wildman–Crippen MR) is 87.9 cm³/mol. The topological polar surface area (TPSA) is 97.1 Å². The van der Waals surface area contributed by atoms with Gasteiger partial charge in [0.1, 0.15) is 18.1 Å². The molecule has 1 aliphatic rings. The quantitative estimate of drug-likeness (QED) is 0.782. The summed E-state index contributed by atoms with van der Waals surface area (Å²) in [6.07, 6.45) is 6.25. The highest BCUT2D eigenvalue weighted by molar-refractivity contribution is 5.93. The van der Waals surface area contributed by atoms with Gasteiger partial charge in [0.2, 0.25) is 5.88 Å². The van der Waals surface area contributed by atoms with E-state index >= 15 is 0 Å². The lowest BCUT2D eigenvalue weighted by Crippen LogP contribution is -2.42. The fourth-order valence-corrected chi connectivity index (χ4v) is 2.85. The molecule has 0 aliphatic carbocycles. The Balaban J connectivity index is 1.35. The number of H-pyrrole nitrogens is 1. The zero-order chi connectivity index (χ0) is 17.1. The van der Waals surface area contributed by atoms with Gasteiger partial charge >= 0.3 is 0 Å². The van der Waals surface area contributed by atoms with Gasteiger partial charge in [0.25, 0.3) is 5.91 Å². The Bertz CT molecular complexity index is 823. The summed E-state index contributed by atoms with van der Waals surface area (Å²) < 4.78 is 11.1. The van der Waals surface area contributed by atoms with Crippen molar-refractivity contribution in [3.63, 3.8) is 0 Å². The van der Waals surface area contributed by atoms with Gasteiger partial charge in [-0.15, -0.1) is 0 Å². The van der Waals surface area contributed by atoms with Crippen molar-refractivity contribution < 1.29 is 13.9 Å². The number of likely N-dealkylation sites (tertiary alicyclic amines) is 1. The summed E-state index contributed by atoms with van der Waals surface area (Å²) in [7, 11) is 0. The molecule has 8 nitrogen and oxygen atoms in total. The third-order valence-electron chi connectivity index (χ3n) is 4.16. The highest BCUT2D eigenvalue weighted by atomic mass is 16.5. The maximum absolute atomic E-state index is 12.6. The fourth-order valence-electron chi connectivity index (χ4n) is 2.85. The second kappa shape index (κ2) is 6.76. The van der Waals surface area contributed by atoms with E-state index in [1.165, 1.54) is 6.33 Å². The lowest BCUT2D eigenvalue weighted by Gasteiger charge is -2.31. The lowest BCUT2D eigenvalue weighted by molar-refractivity contribution is 0.0582. The Kier molecular flexibility index (Phi) is 4.16. The highest BCUT2D eigenvalue weighted by Gasteiger charge is 2.26. The first kappa shape index (κ1) is 15.4. The number of aromatic amines is 1. The molecule has 0 unspecified atom stereocenters. The molecule has 0 aromatic carbocycles. The smallest absolute Gasteiger partial charge is 0.274 e. The van der Waals surface area contributed by atoms with Crippen molar-refractivity contribution in [3.05, 3.63) is 48.7 Å². The lowest BCUT2D eigenvalue weighted by atomic mass is 10.1. The number of ether oxygens (including phenoxy) is 1. The van der Waals surface area contributed by atoms with Gasteiger partial charge in [0.15, 0.2) is 11.5 Å². The van der Waals surface area contributed by atoms with Crippen molar-refractivity contribution in [1.29, 1.82) is 0 Å². The first-order valence-corrected chi connectivity index (χ1v) is 8.11. The van der Waals surface area contributed by atoms with Gasteiger partial charge < -0.3 is 14.1 Å². The van der Waals surface area contributed by atoms with E-state index in [9.17, 15) is 4.79 Å². The number of nitrogens with one attached hydrogen (secondary N) is 1.